The number of alkyl carbamates (subject to hydrolysis) is 1. The van der Waals surface area contributed by atoms with Crippen molar-refractivity contribution in [2.24, 2.45) is 38.4 Å². The molecule has 16 nitrogen and oxygen atoms in total. The van der Waals surface area contributed by atoms with Crippen LogP contribution in [-0.4, -0.2) is 63.1 Å². The van der Waals surface area contributed by atoms with Crippen LogP contribution in [0.1, 0.15) is 127 Å². The third kappa shape index (κ3) is 12.9. The summed E-state index contributed by atoms with van der Waals surface area (Å²) in [6.07, 6.45) is 6.04. The molecule has 0 spiro atoms. The van der Waals surface area contributed by atoms with Crippen molar-refractivity contribution >= 4 is 24.1 Å². The SMILES string of the molecule is C=CC(=O)OCCOC(=O)NC1CC(C)(C)CC(C)(Cn2c(=O)n(CC3(C)CC(C)CC(C)(C)C3)c(=O)n(CC3(C)CC(NC(=O)OOC(=O)C=C)CC(C)(C)C3)c2=O)C1. The second kappa shape index (κ2) is 18.2. The molecule has 3 aliphatic rings. The molecule has 0 aliphatic heterocycles. The highest BCUT2D eigenvalue weighted by Crippen LogP contribution is 2.50. The van der Waals surface area contributed by atoms with Crippen LogP contribution in [0.25, 0.3) is 0 Å². The van der Waals surface area contributed by atoms with Crippen LogP contribution in [0, 0.1) is 38.4 Å². The lowest BCUT2D eigenvalue weighted by molar-refractivity contribution is -0.226. The van der Waals surface area contributed by atoms with Gasteiger partial charge in [-0.1, -0.05) is 82.4 Å². The van der Waals surface area contributed by atoms with Gasteiger partial charge < -0.3 is 20.1 Å². The molecule has 0 radical (unpaired) electrons. The minimum atomic E-state index is -0.958. The van der Waals surface area contributed by atoms with Gasteiger partial charge in [0, 0.05) is 43.9 Å². The maximum absolute atomic E-state index is 14.8. The molecule has 2 amide bonds. The fourth-order valence-electron chi connectivity index (χ4n) is 12.1. The molecule has 0 saturated heterocycles. The van der Waals surface area contributed by atoms with Crippen LogP contribution in [0.15, 0.2) is 39.7 Å². The molecule has 1 aromatic heterocycles. The highest BCUT2D eigenvalue weighted by Gasteiger charge is 2.46. The van der Waals surface area contributed by atoms with Crippen molar-refractivity contribution in [1.82, 2.24) is 24.3 Å². The first kappa shape index (κ1) is 48.0. The first-order valence-corrected chi connectivity index (χ1v) is 21.1. The minimum absolute atomic E-state index is 0.000618. The molecule has 1 heterocycles. The zero-order chi connectivity index (χ0) is 45.1. The number of hydrogen-bond acceptors (Lipinski definition) is 11. The van der Waals surface area contributed by atoms with Crippen molar-refractivity contribution in [3.05, 3.63) is 56.8 Å². The van der Waals surface area contributed by atoms with Gasteiger partial charge >= 0.3 is 41.2 Å². The Bertz CT molecular complexity index is 2000. The largest absolute Gasteiger partial charge is 0.459 e. The van der Waals surface area contributed by atoms with E-state index < -0.39 is 63.5 Å². The average molecular weight is 844 g/mol. The Morgan fingerprint density at radius 1 is 0.567 bits per heavy atom. The first-order chi connectivity index (χ1) is 27.6. The number of hydrogen-bond donors (Lipinski definition) is 2. The lowest BCUT2D eigenvalue weighted by Crippen LogP contribution is -2.60. The van der Waals surface area contributed by atoms with Crippen LogP contribution in [-0.2, 0) is 48.5 Å². The Kier molecular flexibility index (Phi) is 14.5. The van der Waals surface area contributed by atoms with E-state index in [1.165, 1.54) is 13.7 Å². The summed E-state index contributed by atoms with van der Waals surface area (Å²) in [5, 5.41) is 5.71. The molecule has 1 aromatic rings. The lowest BCUT2D eigenvalue weighted by Gasteiger charge is -2.47. The molecule has 60 heavy (non-hydrogen) atoms. The Morgan fingerprint density at radius 2 is 0.950 bits per heavy atom. The number of aromatic nitrogens is 3. The van der Waals surface area contributed by atoms with E-state index in [0.717, 1.165) is 31.4 Å². The summed E-state index contributed by atoms with van der Waals surface area (Å²) in [5.41, 5.74) is -4.50. The molecule has 3 aliphatic carbocycles. The zero-order valence-electron chi connectivity index (χ0n) is 37.5. The molecular formula is C44H69N5O11. The van der Waals surface area contributed by atoms with Crippen LogP contribution in [0.5, 0.6) is 0 Å². The summed E-state index contributed by atoms with van der Waals surface area (Å²) < 4.78 is 13.8. The summed E-state index contributed by atoms with van der Waals surface area (Å²) in [7, 11) is 0. The van der Waals surface area contributed by atoms with Gasteiger partial charge in [0.25, 0.3) is 0 Å². The molecule has 0 bridgehead atoms. The highest BCUT2D eigenvalue weighted by atomic mass is 17.2. The third-order valence-electron chi connectivity index (χ3n) is 12.3. The molecule has 0 aromatic carbocycles. The molecule has 6 unspecified atom stereocenters. The second-order valence-corrected chi connectivity index (χ2v) is 21.6. The van der Waals surface area contributed by atoms with E-state index in [9.17, 15) is 33.6 Å². The Morgan fingerprint density at radius 3 is 1.37 bits per heavy atom. The van der Waals surface area contributed by atoms with Crippen LogP contribution in [0.3, 0.4) is 0 Å². The zero-order valence-corrected chi connectivity index (χ0v) is 37.5. The number of amides is 2. The van der Waals surface area contributed by atoms with Crippen LogP contribution in [0.2, 0.25) is 0 Å². The monoisotopic (exact) mass is 843 g/mol. The quantitative estimate of drug-likeness (QED) is 0.0775. The van der Waals surface area contributed by atoms with Gasteiger partial charge in [0.05, 0.1) is 0 Å². The normalized spacial score (nSPS) is 29.3. The predicted octanol–water partition coefficient (Wildman–Crippen LogP) is 6.02. The van der Waals surface area contributed by atoms with Crippen molar-refractivity contribution in [3.63, 3.8) is 0 Å². The number of carbonyl (C=O) groups excluding carboxylic acids is 4. The summed E-state index contributed by atoms with van der Waals surface area (Å²) in [6, 6.07) is -0.820. The smallest absolute Gasteiger partial charge is 0.450 e. The fraction of sp³-hybridized carbons (Fsp3) is 0.750. The van der Waals surface area contributed by atoms with Crippen molar-refractivity contribution < 1.29 is 38.4 Å². The first-order valence-electron chi connectivity index (χ1n) is 21.1. The van der Waals surface area contributed by atoms with Gasteiger partial charge in [0.15, 0.2) is 0 Å². The third-order valence-corrected chi connectivity index (χ3v) is 12.3. The van der Waals surface area contributed by atoms with Gasteiger partial charge in [-0.2, -0.15) is 0 Å². The molecule has 336 valence electrons. The number of rotatable bonds is 13. The van der Waals surface area contributed by atoms with Crippen LogP contribution in [0.4, 0.5) is 9.59 Å². The molecular weight excluding hydrogens is 775 g/mol. The van der Waals surface area contributed by atoms with E-state index in [2.05, 4.69) is 75.1 Å². The molecule has 16 heteroatoms. The van der Waals surface area contributed by atoms with E-state index in [1.807, 2.05) is 27.7 Å². The number of ether oxygens (including phenoxy) is 2. The van der Waals surface area contributed by atoms with Crippen molar-refractivity contribution in [2.75, 3.05) is 13.2 Å². The van der Waals surface area contributed by atoms with Crippen LogP contribution < -0.4 is 27.7 Å². The van der Waals surface area contributed by atoms with Crippen molar-refractivity contribution in [1.29, 1.82) is 0 Å². The van der Waals surface area contributed by atoms with Crippen molar-refractivity contribution in [2.45, 2.75) is 159 Å². The number of esters is 1. The van der Waals surface area contributed by atoms with Crippen molar-refractivity contribution in [3.8, 4) is 0 Å². The maximum atomic E-state index is 14.8. The van der Waals surface area contributed by atoms with Gasteiger partial charge in [-0.3, -0.25) is 0 Å². The maximum Gasteiger partial charge on any atom is 0.450 e. The lowest BCUT2D eigenvalue weighted by atomic mass is 9.61. The average Bonchev–Trinajstić information content (AvgIpc) is 3.08. The predicted molar refractivity (Wildman–Crippen MR) is 225 cm³/mol. The van der Waals surface area contributed by atoms with Gasteiger partial charge in [0.2, 0.25) is 0 Å². The summed E-state index contributed by atoms with van der Waals surface area (Å²) >= 11 is 0. The minimum Gasteiger partial charge on any atom is -0.459 e. The molecule has 3 fully saturated rings. The molecule has 4 rings (SSSR count). The van der Waals surface area contributed by atoms with E-state index >= 15 is 0 Å². The number of carbonyl (C=O) groups is 4. The number of nitrogens with zero attached hydrogens (tertiary/aromatic N) is 3. The molecule has 2 N–H and O–H groups in total. The summed E-state index contributed by atoms with van der Waals surface area (Å²) in [4.78, 5) is 102. The standard InChI is InChI=1S/C44H69N5O11/c1-13-32(50)57-15-16-58-34(52)45-30-19-40(6,7)24-43(11,21-30)27-48-36(54)47(26-42(10)18-29(3)17-39(4,5)23-42)37(55)49(38(48)56)28-44(12)22-31(20-41(8,9)25-44)46-35(53)60-59-33(51)14-2/h13-14,29-31H,1-2,15-28H2,3-12H3,(H,45,52)(H,46,53). The van der Waals surface area contributed by atoms with E-state index in [0.29, 0.717) is 44.4 Å². The molecule has 3 saturated carbocycles. The van der Waals surface area contributed by atoms with E-state index in [1.54, 1.807) is 0 Å². The van der Waals surface area contributed by atoms with Crippen LogP contribution >= 0.6 is 0 Å². The molecule has 6 atom stereocenters. The van der Waals surface area contributed by atoms with Gasteiger partial charge in [-0.05, 0) is 96.2 Å². The highest BCUT2D eigenvalue weighted by molar-refractivity contribution is 5.81. The topological polar surface area (TPSA) is 195 Å². The van der Waals surface area contributed by atoms with Gasteiger partial charge in [-0.25, -0.2) is 57.0 Å². The fourth-order valence-corrected chi connectivity index (χ4v) is 12.1. The van der Waals surface area contributed by atoms with E-state index in [4.69, 9.17) is 9.47 Å². The van der Waals surface area contributed by atoms with E-state index in [-0.39, 0.29) is 55.1 Å². The second-order valence-electron chi connectivity index (χ2n) is 21.6. The Labute approximate surface area is 353 Å². The summed E-state index contributed by atoms with van der Waals surface area (Å²) in [5.74, 6) is -1.18. The Hall–Kier alpha value is -4.63. The Balaban J connectivity index is 1.72. The van der Waals surface area contributed by atoms with Gasteiger partial charge in [0.1, 0.15) is 13.2 Å². The van der Waals surface area contributed by atoms with Gasteiger partial charge in [-0.15, -0.1) is 0 Å². The summed E-state index contributed by atoms with van der Waals surface area (Å²) in [6.45, 7) is 27.4. The number of nitrogens with one attached hydrogen (secondary N) is 2.